The SMILES string of the molecule is CCc1c(C(=O)N2CCN(CC(=O)Nc3cc(C)on3)CC2)cnn1Cc1ccccc1. The number of carbonyl (C=O) groups excluding carboxylic acids is 2. The Balaban J connectivity index is 1.32. The zero-order chi connectivity index (χ0) is 22.5. The number of nitrogens with zero attached hydrogens (tertiary/aromatic N) is 5. The van der Waals surface area contributed by atoms with Crippen LogP contribution < -0.4 is 5.32 Å². The Morgan fingerprint density at radius 3 is 2.53 bits per heavy atom. The number of carbonyl (C=O) groups is 2. The molecule has 3 heterocycles. The van der Waals surface area contributed by atoms with Crippen molar-refractivity contribution in [3.8, 4) is 0 Å². The number of hydrogen-bond acceptors (Lipinski definition) is 6. The van der Waals surface area contributed by atoms with Gasteiger partial charge in [0.15, 0.2) is 5.82 Å². The molecule has 3 aromatic rings. The summed E-state index contributed by atoms with van der Waals surface area (Å²) in [7, 11) is 0. The quantitative estimate of drug-likeness (QED) is 0.610. The molecule has 9 heteroatoms. The van der Waals surface area contributed by atoms with Crippen LogP contribution in [0.2, 0.25) is 0 Å². The number of nitrogens with one attached hydrogen (secondary N) is 1. The Hall–Kier alpha value is -3.46. The zero-order valence-corrected chi connectivity index (χ0v) is 18.5. The van der Waals surface area contributed by atoms with Crippen LogP contribution in [-0.2, 0) is 17.8 Å². The molecule has 0 unspecified atom stereocenters. The van der Waals surface area contributed by atoms with Crippen molar-refractivity contribution in [1.82, 2.24) is 24.7 Å². The summed E-state index contributed by atoms with van der Waals surface area (Å²) in [5.41, 5.74) is 2.76. The van der Waals surface area contributed by atoms with Crippen LogP contribution >= 0.6 is 0 Å². The normalized spacial score (nSPS) is 14.5. The maximum Gasteiger partial charge on any atom is 0.257 e. The summed E-state index contributed by atoms with van der Waals surface area (Å²) in [6, 6.07) is 11.8. The van der Waals surface area contributed by atoms with Gasteiger partial charge in [-0.25, -0.2) is 0 Å². The Bertz CT molecular complexity index is 1070. The summed E-state index contributed by atoms with van der Waals surface area (Å²) in [5.74, 6) is 0.920. The molecule has 0 saturated carbocycles. The Kier molecular flexibility index (Phi) is 6.65. The molecule has 0 radical (unpaired) electrons. The van der Waals surface area contributed by atoms with Crippen molar-refractivity contribution in [3.05, 3.63) is 65.2 Å². The lowest BCUT2D eigenvalue weighted by Crippen LogP contribution is -2.50. The molecule has 32 heavy (non-hydrogen) atoms. The van der Waals surface area contributed by atoms with Crippen molar-refractivity contribution in [1.29, 1.82) is 0 Å². The maximum atomic E-state index is 13.2. The predicted octanol–water partition coefficient (Wildman–Crippen LogP) is 2.19. The first-order valence-electron chi connectivity index (χ1n) is 10.9. The minimum atomic E-state index is -0.145. The molecular formula is C23H28N6O3. The third-order valence-corrected chi connectivity index (χ3v) is 5.61. The van der Waals surface area contributed by atoms with Gasteiger partial charge in [0.05, 0.1) is 30.5 Å². The number of amides is 2. The monoisotopic (exact) mass is 436 g/mol. The van der Waals surface area contributed by atoms with Crippen LogP contribution in [0.15, 0.2) is 47.1 Å². The molecule has 9 nitrogen and oxygen atoms in total. The highest BCUT2D eigenvalue weighted by Gasteiger charge is 2.26. The van der Waals surface area contributed by atoms with Crippen LogP contribution in [-0.4, -0.2) is 69.3 Å². The molecule has 1 aromatic carbocycles. The van der Waals surface area contributed by atoms with E-state index in [1.165, 1.54) is 0 Å². The van der Waals surface area contributed by atoms with E-state index in [-0.39, 0.29) is 18.4 Å². The average Bonchev–Trinajstić information content (AvgIpc) is 3.39. The van der Waals surface area contributed by atoms with Gasteiger partial charge in [0.2, 0.25) is 5.91 Å². The Labute approximate surface area is 187 Å². The number of aromatic nitrogens is 3. The second-order valence-corrected chi connectivity index (χ2v) is 7.94. The standard InChI is InChI=1S/C23H28N6O3/c1-3-20-19(14-24-29(20)15-18-7-5-4-6-8-18)23(31)28-11-9-27(10-12-28)16-22(30)25-21-13-17(2)32-26-21/h4-8,13-14H,3,9-12,15-16H2,1-2H3,(H,25,26,30). The third kappa shape index (κ3) is 5.05. The number of benzene rings is 1. The van der Waals surface area contributed by atoms with E-state index in [0.717, 1.165) is 17.7 Å². The molecule has 168 valence electrons. The molecular weight excluding hydrogens is 408 g/mol. The van der Waals surface area contributed by atoms with Crippen LogP contribution in [0, 0.1) is 6.92 Å². The molecule has 0 aliphatic carbocycles. The van der Waals surface area contributed by atoms with Crippen LogP contribution in [0.3, 0.4) is 0 Å². The van der Waals surface area contributed by atoms with Crippen LogP contribution in [0.1, 0.15) is 34.3 Å². The lowest BCUT2D eigenvalue weighted by molar-refractivity contribution is -0.117. The van der Waals surface area contributed by atoms with Gasteiger partial charge < -0.3 is 14.7 Å². The average molecular weight is 437 g/mol. The number of anilines is 1. The minimum Gasteiger partial charge on any atom is -0.360 e. The van der Waals surface area contributed by atoms with E-state index in [1.54, 1.807) is 19.2 Å². The van der Waals surface area contributed by atoms with Crippen LogP contribution in [0.5, 0.6) is 0 Å². The third-order valence-electron chi connectivity index (χ3n) is 5.61. The predicted molar refractivity (Wildman–Crippen MR) is 119 cm³/mol. The largest absolute Gasteiger partial charge is 0.360 e. The summed E-state index contributed by atoms with van der Waals surface area (Å²) in [6.45, 7) is 7.13. The highest BCUT2D eigenvalue weighted by molar-refractivity contribution is 5.95. The first-order valence-corrected chi connectivity index (χ1v) is 10.9. The van der Waals surface area contributed by atoms with E-state index >= 15 is 0 Å². The lowest BCUT2D eigenvalue weighted by Gasteiger charge is -2.34. The summed E-state index contributed by atoms with van der Waals surface area (Å²) in [6.07, 6.45) is 2.42. The fraction of sp³-hybridized carbons (Fsp3) is 0.391. The molecule has 0 atom stereocenters. The van der Waals surface area contributed by atoms with E-state index in [4.69, 9.17) is 4.52 Å². The van der Waals surface area contributed by atoms with Gasteiger partial charge in [0, 0.05) is 32.2 Å². The van der Waals surface area contributed by atoms with Crippen molar-refractivity contribution in [2.24, 2.45) is 0 Å². The molecule has 1 aliphatic rings. The summed E-state index contributed by atoms with van der Waals surface area (Å²) < 4.78 is 6.87. The number of aryl methyl sites for hydroxylation is 1. The summed E-state index contributed by atoms with van der Waals surface area (Å²) >= 11 is 0. The van der Waals surface area contributed by atoms with Crippen molar-refractivity contribution >= 4 is 17.6 Å². The van der Waals surface area contributed by atoms with Crippen LogP contribution in [0.4, 0.5) is 5.82 Å². The highest BCUT2D eigenvalue weighted by Crippen LogP contribution is 2.16. The summed E-state index contributed by atoms with van der Waals surface area (Å²) in [4.78, 5) is 29.3. The second-order valence-electron chi connectivity index (χ2n) is 7.94. The molecule has 0 spiro atoms. The second kappa shape index (κ2) is 9.78. The molecule has 1 saturated heterocycles. The van der Waals surface area contributed by atoms with E-state index < -0.39 is 0 Å². The minimum absolute atomic E-state index is 0.00309. The van der Waals surface area contributed by atoms with Gasteiger partial charge in [-0.2, -0.15) is 5.10 Å². The molecule has 0 bridgehead atoms. The van der Waals surface area contributed by atoms with Crippen molar-refractivity contribution in [2.75, 3.05) is 38.0 Å². The Morgan fingerprint density at radius 2 is 1.88 bits per heavy atom. The first kappa shape index (κ1) is 21.8. The van der Waals surface area contributed by atoms with Crippen LogP contribution in [0.25, 0.3) is 0 Å². The zero-order valence-electron chi connectivity index (χ0n) is 18.5. The van der Waals surface area contributed by atoms with Crippen molar-refractivity contribution in [2.45, 2.75) is 26.8 Å². The van der Waals surface area contributed by atoms with Gasteiger partial charge >= 0.3 is 0 Å². The Morgan fingerprint density at radius 1 is 1.12 bits per heavy atom. The van der Waals surface area contributed by atoms with Gasteiger partial charge in [-0.1, -0.05) is 42.4 Å². The molecule has 2 aromatic heterocycles. The smallest absolute Gasteiger partial charge is 0.257 e. The molecule has 1 aliphatic heterocycles. The van der Waals surface area contributed by atoms with Gasteiger partial charge in [0.25, 0.3) is 5.91 Å². The number of hydrogen-bond donors (Lipinski definition) is 1. The van der Waals surface area contributed by atoms with Gasteiger partial charge in [-0.15, -0.1) is 0 Å². The molecule has 2 amide bonds. The molecule has 1 N–H and O–H groups in total. The lowest BCUT2D eigenvalue weighted by atomic mass is 10.1. The van der Waals surface area contributed by atoms with Crippen molar-refractivity contribution < 1.29 is 14.1 Å². The van der Waals surface area contributed by atoms with Crippen molar-refractivity contribution in [3.63, 3.8) is 0 Å². The fourth-order valence-corrected chi connectivity index (χ4v) is 3.95. The first-order chi connectivity index (χ1) is 15.5. The topological polar surface area (TPSA) is 96.5 Å². The van der Waals surface area contributed by atoms with Gasteiger partial charge in [-0.3, -0.25) is 19.2 Å². The summed E-state index contributed by atoms with van der Waals surface area (Å²) in [5, 5.41) is 11.0. The van der Waals surface area contributed by atoms with E-state index in [2.05, 4.69) is 27.7 Å². The fourth-order valence-electron chi connectivity index (χ4n) is 3.95. The van der Waals surface area contributed by atoms with Gasteiger partial charge in [-0.05, 0) is 18.9 Å². The van der Waals surface area contributed by atoms with E-state index in [0.29, 0.717) is 49.9 Å². The van der Waals surface area contributed by atoms with E-state index in [9.17, 15) is 9.59 Å². The maximum absolute atomic E-state index is 13.2. The molecule has 1 fully saturated rings. The molecule has 4 rings (SSSR count). The highest BCUT2D eigenvalue weighted by atomic mass is 16.5. The van der Waals surface area contributed by atoms with E-state index in [1.807, 2.05) is 39.6 Å². The number of piperazine rings is 1. The number of rotatable bonds is 7. The van der Waals surface area contributed by atoms with Gasteiger partial charge in [0.1, 0.15) is 5.76 Å².